The molecule has 0 radical (unpaired) electrons. The van der Waals surface area contributed by atoms with Crippen LogP contribution in [0.3, 0.4) is 0 Å². The van der Waals surface area contributed by atoms with E-state index in [2.05, 4.69) is 24.4 Å². The van der Waals surface area contributed by atoms with Crippen LogP contribution < -0.4 is 5.32 Å². The summed E-state index contributed by atoms with van der Waals surface area (Å²) < 4.78 is 0. The summed E-state index contributed by atoms with van der Waals surface area (Å²) in [6.45, 7) is 3.24. The van der Waals surface area contributed by atoms with Crippen LogP contribution in [0.5, 0.6) is 0 Å². The second-order valence-electron chi connectivity index (χ2n) is 3.83. The maximum Gasteiger partial charge on any atom is 0.0406 e. The number of hydrogen-bond donors (Lipinski definition) is 1. The molecule has 2 atom stereocenters. The highest BCUT2D eigenvalue weighted by Crippen LogP contribution is 2.29. The van der Waals surface area contributed by atoms with Gasteiger partial charge in [-0.15, -0.1) is 0 Å². The van der Waals surface area contributed by atoms with Crippen molar-refractivity contribution in [1.82, 2.24) is 5.32 Å². The minimum Gasteiger partial charge on any atom is -0.310 e. The number of hydrogen-bond acceptors (Lipinski definition) is 1. The van der Waals surface area contributed by atoms with Crippen LogP contribution in [0.25, 0.3) is 0 Å². The first kappa shape index (κ1) is 9.04. The van der Waals surface area contributed by atoms with Gasteiger partial charge in [-0.3, -0.25) is 0 Å². The molecule has 1 aromatic carbocycles. The Morgan fingerprint density at radius 1 is 1.38 bits per heavy atom. The Kier molecular flexibility index (Phi) is 2.56. The van der Waals surface area contributed by atoms with E-state index < -0.39 is 0 Å². The molecular formula is C11H14ClN. The zero-order chi connectivity index (χ0) is 9.26. The number of benzene rings is 1. The molecular weight excluding hydrogens is 182 g/mol. The van der Waals surface area contributed by atoms with Gasteiger partial charge in [-0.05, 0) is 30.0 Å². The Hall–Kier alpha value is -0.530. The second kappa shape index (κ2) is 3.69. The van der Waals surface area contributed by atoms with Crippen molar-refractivity contribution in [3.8, 4) is 0 Å². The van der Waals surface area contributed by atoms with Crippen LogP contribution in [0, 0.1) is 5.92 Å². The fraction of sp³-hybridized carbons (Fsp3) is 0.455. The van der Waals surface area contributed by atoms with E-state index in [0.29, 0.717) is 0 Å². The Bertz CT molecular complexity index is 281. The Morgan fingerprint density at radius 3 is 2.54 bits per heavy atom. The number of nitrogens with one attached hydrogen (secondary N) is 1. The van der Waals surface area contributed by atoms with E-state index in [0.717, 1.165) is 23.5 Å². The van der Waals surface area contributed by atoms with E-state index in [1.807, 2.05) is 12.1 Å². The topological polar surface area (TPSA) is 12.0 Å². The molecule has 0 saturated heterocycles. The third kappa shape index (κ3) is 2.45. The minimum atomic E-state index is 0.746. The van der Waals surface area contributed by atoms with E-state index in [1.54, 1.807) is 0 Å². The van der Waals surface area contributed by atoms with Gasteiger partial charge in [0.05, 0.1) is 0 Å². The molecule has 1 aliphatic carbocycles. The lowest BCUT2D eigenvalue weighted by Crippen LogP contribution is -2.16. The Morgan fingerprint density at radius 2 is 2.00 bits per heavy atom. The average Bonchev–Trinajstić information content (AvgIpc) is 2.81. The molecule has 1 nitrogen and oxygen atoms in total. The quantitative estimate of drug-likeness (QED) is 0.782. The van der Waals surface area contributed by atoms with Crippen molar-refractivity contribution in [2.24, 2.45) is 5.92 Å². The zero-order valence-electron chi connectivity index (χ0n) is 7.76. The number of halogens is 1. The molecule has 13 heavy (non-hydrogen) atoms. The molecule has 1 aliphatic rings. The van der Waals surface area contributed by atoms with Gasteiger partial charge in [0.25, 0.3) is 0 Å². The van der Waals surface area contributed by atoms with Crippen molar-refractivity contribution >= 4 is 11.6 Å². The van der Waals surface area contributed by atoms with Gasteiger partial charge in [0.2, 0.25) is 0 Å². The summed E-state index contributed by atoms with van der Waals surface area (Å²) in [5, 5.41) is 4.31. The molecule has 1 saturated carbocycles. The normalized spacial score (nSPS) is 26.0. The van der Waals surface area contributed by atoms with Crippen LogP contribution in [-0.2, 0) is 6.54 Å². The fourth-order valence-electron chi connectivity index (χ4n) is 1.46. The van der Waals surface area contributed by atoms with Crippen molar-refractivity contribution in [1.29, 1.82) is 0 Å². The highest BCUT2D eigenvalue weighted by atomic mass is 35.5. The SMILES string of the molecule is CC1CC1NCc1ccc(Cl)cc1. The zero-order valence-corrected chi connectivity index (χ0v) is 8.51. The molecule has 0 aliphatic heterocycles. The highest BCUT2D eigenvalue weighted by Gasteiger charge is 2.31. The van der Waals surface area contributed by atoms with Crippen LogP contribution in [0.15, 0.2) is 24.3 Å². The molecule has 70 valence electrons. The predicted octanol–water partition coefficient (Wildman–Crippen LogP) is 2.84. The third-order valence-electron chi connectivity index (χ3n) is 2.59. The summed E-state index contributed by atoms with van der Waals surface area (Å²) in [4.78, 5) is 0. The molecule has 0 aromatic heterocycles. The van der Waals surface area contributed by atoms with Crippen molar-refractivity contribution in [2.45, 2.75) is 25.9 Å². The fourth-order valence-corrected chi connectivity index (χ4v) is 1.58. The third-order valence-corrected chi connectivity index (χ3v) is 2.84. The van der Waals surface area contributed by atoms with E-state index in [1.165, 1.54) is 12.0 Å². The van der Waals surface area contributed by atoms with Gasteiger partial charge in [0.15, 0.2) is 0 Å². The largest absolute Gasteiger partial charge is 0.310 e. The van der Waals surface area contributed by atoms with Gasteiger partial charge in [-0.1, -0.05) is 30.7 Å². The monoisotopic (exact) mass is 195 g/mol. The van der Waals surface area contributed by atoms with E-state index in [9.17, 15) is 0 Å². The summed E-state index contributed by atoms with van der Waals surface area (Å²) >= 11 is 5.79. The standard InChI is InChI=1S/C11H14ClN/c1-8-6-11(8)13-7-9-2-4-10(12)5-3-9/h2-5,8,11,13H,6-7H2,1H3. The predicted molar refractivity (Wildman–Crippen MR) is 55.9 cm³/mol. The van der Waals surface area contributed by atoms with Crippen molar-refractivity contribution in [3.05, 3.63) is 34.9 Å². The molecule has 0 amide bonds. The maximum absolute atomic E-state index is 5.79. The lowest BCUT2D eigenvalue weighted by molar-refractivity contribution is 0.652. The van der Waals surface area contributed by atoms with E-state index >= 15 is 0 Å². The molecule has 2 heteroatoms. The summed E-state index contributed by atoms with van der Waals surface area (Å²) in [5.74, 6) is 0.868. The number of rotatable bonds is 3. The maximum atomic E-state index is 5.79. The first-order chi connectivity index (χ1) is 6.25. The molecule has 0 spiro atoms. The van der Waals surface area contributed by atoms with E-state index in [4.69, 9.17) is 11.6 Å². The van der Waals surface area contributed by atoms with E-state index in [-0.39, 0.29) is 0 Å². The lowest BCUT2D eigenvalue weighted by atomic mass is 10.2. The molecule has 1 fully saturated rings. The van der Waals surface area contributed by atoms with Crippen LogP contribution in [0.2, 0.25) is 5.02 Å². The average molecular weight is 196 g/mol. The van der Waals surface area contributed by atoms with Crippen LogP contribution in [-0.4, -0.2) is 6.04 Å². The van der Waals surface area contributed by atoms with Crippen molar-refractivity contribution in [2.75, 3.05) is 0 Å². The molecule has 0 bridgehead atoms. The molecule has 2 rings (SSSR count). The smallest absolute Gasteiger partial charge is 0.0406 e. The lowest BCUT2D eigenvalue weighted by Gasteiger charge is -2.02. The Labute approximate surface area is 84.1 Å². The molecule has 1 N–H and O–H groups in total. The molecule has 2 unspecified atom stereocenters. The van der Waals surface area contributed by atoms with Gasteiger partial charge in [0, 0.05) is 17.6 Å². The Balaban J connectivity index is 1.84. The van der Waals surface area contributed by atoms with Gasteiger partial charge < -0.3 is 5.32 Å². The summed E-state index contributed by atoms with van der Waals surface area (Å²) in [6, 6.07) is 8.77. The molecule has 0 heterocycles. The summed E-state index contributed by atoms with van der Waals surface area (Å²) in [7, 11) is 0. The van der Waals surface area contributed by atoms with Gasteiger partial charge in [-0.25, -0.2) is 0 Å². The van der Waals surface area contributed by atoms with Gasteiger partial charge >= 0.3 is 0 Å². The van der Waals surface area contributed by atoms with Crippen LogP contribution in [0.1, 0.15) is 18.9 Å². The summed E-state index contributed by atoms with van der Waals surface area (Å²) in [5.41, 5.74) is 1.31. The van der Waals surface area contributed by atoms with Crippen LogP contribution >= 0.6 is 11.6 Å². The second-order valence-corrected chi connectivity index (χ2v) is 4.26. The summed E-state index contributed by atoms with van der Waals surface area (Å²) in [6.07, 6.45) is 1.33. The minimum absolute atomic E-state index is 0.746. The van der Waals surface area contributed by atoms with Crippen LogP contribution in [0.4, 0.5) is 0 Å². The highest BCUT2D eigenvalue weighted by molar-refractivity contribution is 6.30. The first-order valence-corrected chi connectivity index (χ1v) is 5.11. The van der Waals surface area contributed by atoms with Crippen molar-refractivity contribution in [3.63, 3.8) is 0 Å². The van der Waals surface area contributed by atoms with Gasteiger partial charge in [-0.2, -0.15) is 0 Å². The molecule has 1 aromatic rings. The first-order valence-electron chi connectivity index (χ1n) is 4.73. The van der Waals surface area contributed by atoms with Crippen molar-refractivity contribution < 1.29 is 0 Å². The van der Waals surface area contributed by atoms with Gasteiger partial charge in [0.1, 0.15) is 0 Å².